The van der Waals surface area contributed by atoms with Gasteiger partial charge in [-0.3, -0.25) is 4.79 Å². The van der Waals surface area contributed by atoms with Crippen LogP contribution in [0.25, 0.3) is 10.8 Å². The van der Waals surface area contributed by atoms with Gasteiger partial charge >= 0.3 is 0 Å². The number of aromatic nitrogens is 1. The van der Waals surface area contributed by atoms with Crippen LogP contribution in [-0.4, -0.2) is 10.9 Å². The summed E-state index contributed by atoms with van der Waals surface area (Å²) in [6, 6.07) is 17.7. The van der Waals surface area contributed by atoms with Crippen LogP contribution in [0.1, 0.15) is 34.6 Å². The van der Waals surface area contributed by atoms with Gasteiger partial charge < -0.3 is 11.1 Å². The highest BCUT2D eigenvalue weighted by molar-refractivity contribution is 5.94. The maximum absolute atomic E-state index is 12.4. The lowest BCUT2D eigenvalue weighted by molar-refractivity contribution is 0.0934. The van der Waals surface area contributed by atoms with Crippen molar-refractivity contribution in [3.8, 4) is 0 Å². The number of nitrogens with two attached hydrogens (primary N) is 1. The lowest BCUT2D eigenvalue weighted by Crippen LogP contribution is -2.28. The molecular formula is C19H19N3O. The molecule has 0 bridgehead atoms. The van der Waals surface area contributed by atoms with Gasteiger partial charge in [0.25, 0.3) is 5.91 Å². The van der Waals surface area contributed by atoms with E-state index >= 15 is 0 Å². The average molecular weight is 305 g/mol. The Bertz CT molecular complexity index is 873. The molecule has 4 nitrogen and oxygen atoms in total. The zero-order chi connectivity index (χ0) is 16.4. The summed E-state index contributed by atoms with van der Waals surface area (Å²) in [6.45, 7) is 3.81. The minimum Gasteiger partial charge on any atom is -0.384 e. The predicted molar refractivity (Wildman–Crippen MR) is 93.2 cm³/mol. The van der Waals surface area contributed by atoms with Crippen LogP contribution in [-0.2, 0) is 0 Å². The average Bonchev–Trinajstić information content (AvgIpc) is 2.56. The maximum Gasteiger partial charge on any atom is 0.270 e. The van der Waals surface area contributed by atoms with Crippen molar-refractivity contribution in [1.82, 2.24) is 10.3 Å². The van der Waals surface area contributed by atoms with Crippen molar-refractivity contribution in [1.29, 1.82) is 0 Å². The van der Waals surface area contributed by atoms with Crippen LogP contribution < -0.4 is 11.1 Å². The summed E-state index contributed by atoms with van der Waals surface area (Å²) in [7, 11) is 0. The number of nitrogens with one attached hydrogen (secondary N) is 1. The van der Waals surface area contributed by atoms with Crippen molar-refractivity contribution in [2.75, 3.05) is 5.73 Å². The van der Waals surface area contributed by atoms with Crippen LogP contribution >= 0.6 is 0 Å². The first-order valence-electron chi connectivity index (χ1n) is 7.57. The smallest absolute Gasteiger partial charge is 0.270 e. The normalized spacial score (nSPS) is 12.1. The van der Waals surface area contributed by atoms with Crippen LogP contribution in [0.3, 0.4) is 0 Å². The van der Waals surface area contributed by atoms with Crippen molar-refractivity contribution < 1.29 is 4.79 Å². The predicted octanol–water partition coefficient (Wildman–Crippen LogP) is 3.62. The fourth-order valence-corrected chi connectivity index (χ4v) is 2.60. The number of hydrogen-bond donors (Lipinski definition) is 2. The number of carbonyl (C=O) groups is 1. The molecule has 3 aromatic rings. The molecule has 0 saturated carbocycles. The van der Waals surface area contributed by atoms with Gasteiger partial charge in [0, 0.05) is 0 Å². The summed E-state index contributed by atoms with van der Waals surface area (Å²) in [5.41, 5.74) is 7.91. The maximum atomic E-state index is 12.4. The molecule has 1 atom stereocenters. The SMILES string of the molecule is Cc1ccc(N)nc1C(=O)N[C@H](C)c1ccc2ccccc2c1. The van der Waals surface area contributed by atoms with Gasteiger partial charge in [-0.1, -0.05) is 42.5 Å². The number of nitrogens with zero attached hydrogens (tertiary/aromatic N) is 1. The van der Waals surface area contributed by atoms with E-state index in [1.165, 1.54) is 5.39 Å². The van der Waals surface area contributed by atoms with E-state index in [1.54, 1.807) is 12.1 Å². The minimum atomic E-state index is -0.213. The first-order chi connectivity index (χ1) is 11.0. The Balaban J connectivity index is 1.83. The van der Waals surface area contributed by atoms with Gasteiger partial charge in [-0.25, -0.2) is 4.98 Å². The van der Waals surface area contributed by atoms with Gasteiger partial charge in [0.1, 0.15) is 11.5 Å². The molecule has 3 N–H and O–H groups in total. The molecule has 23 heavy (non-hydrogen) atoms. The standard InChI is InChI=1S/C19H19N3O/c1-12-7-10-17(20)22-18(12)19(23)21-13(2)15-9-8-14-5-3-4-6-16(14)11-15/h3-11,13H,1-2H3,(H2,20,22)(H,21,23)/t13-/m1/s1. The Hall–Kier alpha value is -2.88. The molecule has 0 unspecified atom stereocenters. The number of rotatable bonds is 3. The van der Waals surface area contributed by atoms with Gasteiger partial charge in [0.2, 0.25) is 0 Å². The van der Waals surface area contributed by atoms with Crippen molar-refractivity contribution >= 4 is 22.5 Å². The summed E-state index contributed by atoms with van der Waals surface area (Å²) in [5, 5.41) is 5.33. The van der Waals surface area contributed by atoms with E-state index in [-0.39, 0.29) is 11.9 Å². The second-order valence-corrected chi connectivity index (χ2v) is 5.70. The molecule has 0 spiro atoms. The Kier molecular flexibility index (Phi) is 3.98. The molecule has 2 aromatic carbocycles. The molecule has 3 rings (SSSR count). The van der Waals surface area contributed by atoms with E-state index in [9.17, 15) is 4.79 Å². The first kappa shape index (κ1) is 15.0. The molecule has 1 amide bonds. The first-order valence-corrected chi connectivity index (χ1v) is 7.57. The summed E-state index contributed by atoms with van der Waals surface area (Å²) in [6.07, 6.45) is 0. The van der Waals surface area contributed by atoms with Crippen LogP contribution in [0.2, 0.25) is 0 Å². The fraction of sp³-hybridized carbons (Fsp3) is 0.158. The van der Waals surface area contributed by atoms with Crippen molar-refractivity contribution in [2.24, 2.45) is 0 Å². The summed E-state index contributed by atoms with van der Waals surface area (Å²) < 4.78 is 0. The lowest BCUT2D eigenvalue weighted by Gasteiger charge is -2.16. The van der Waals surface area contributed by atoms with E-state index in [2.05, 4.69) is 34.6 Å². The third kappa shape index (κ3) is 3.16. The lowest BCUT2D eigenvalue weighted by atomic mass is 10.0. The number of amides is 1. The van der Waals surface area contributed by atoms with Gasteiger partial charge in [-0.05, 0) is 47.9 Å². The third-order valence-electron chi connectivity index (χ3n) is 3.95. The number of pyridine rings is 1. The molecule has 0 aliphatic carbocycles. The Morgan fingerprint density at radius 1 is 1.09 bits per heavy atom. The number of anilines is 1. The number of benzene rings is 2. The van der Waals surface area contributed by atoms with Gasteiger partial charge in [-0.2, -0.15) is 0 Å². The molecule has 1 aromatic heterocycles. The van der Waals surface area contributed by atoms with Gasteiger partial charge in [-0.15, -0.1) is 0 Å². The zero-order valence-electron chi connectivity index (χ0n) is 13.2. The van der Waals surface area contributed by atoms with Gasteiger partial charge in [0.15, 0.2) is 0 Å². The quantitative estimate of drug-likeness (QED) is 0.776. The number of aryl methyl sites for hydroxylation is 1. The minimum absolute atomic E-state index is 0.116. The molecule has 0 aliphatic rings. The summed E-state index contributed by atoms with van der Waals surface area (Å²) in [4.78, 5) is 16.6. The number of fused-ring (bicyclic) bond motifs is 1. The molecule has 4 heteroatoms. The number of nitrogen functional groups attached to an aromatic ring is 1. The largest absolute Gasteiger partial charge is 0.384 e. The van der Waals surface area contributed by atoms with E-state index in [0.29, 0.717) is 11.5 Å². The topological polar surface area (TPSA) is 68.0 Å². The Morgan fingerprint density at radius 2 is 1.83 bits per heavy atom. The van der Waals surface area contributed by atoms with Crippen LogP contribution in [0.4, 0.5) is 5.82 Å². The third-order valence-corrected chi connectivity index (χ3v) is 3.95. The molecule has 0 radical (unpaired) electrons. The van der Waals surface area contributed by atoms with Crippen molar-refractivity contribution in [3.63, 3.8) is 0 Å². The monoisotopic (exact) mass is 305 g/mol. The van der Waals surface area contributed by atoms with E-state index in [0.717, 1.165) is 16.5 Å². The molecule has 116 valence electrons. The summed E-state index contributed by atoms with van der Waals surface area (Å²) in [5.74, 6) is 0.134. The number of carbonyl (C=O) groups excluding carboxylic acids is 1. The van der Waals surface area contributed by atoms with E-state index in [1.807, 2.05) is 32.0 Å². The number of hydrogen-bond acceptors (Lipinski definition) is 3. The van der Waals surface area contributed by atoms with Crippen LogP contribution in [0.15, 0.2) is 54.6 Å². The highest BCUT2D eigenvalue weighted by Crippen LogP contribution is 2.20. The molecular weight excluding hydrogens is 286 g/mol. The van der Waals surface area contributed by atoms with Crippen molar-refractivity contribution in [2.45, 2.75) is 19.9 Å². The second kappa shape index (κ2) is 6.08. The highest BCUT2D eigenvalue weighted by atomic mass is 16.1. The van der Waals surface area contributed by atoms with E-state index in [4.69, 9.17) is 5.73 Å². The van der Waals surface area contributed by atoms with Crippen LogP contribution in [0, 0.1) is 6.92 Å². The van der Waals surface area contributed by atoms with Crippen LogP contribution in [0.5, 0.6) is 0 Å². The Morgan fingerprint density at radius 3 is 2.61 bits per heavy atom. The molecule has 0 fully saturated rings. The second-order valence-electron chi connectivity index (χ2n) is 5.70. The van der Waals surface area contributed by atoms with Crippen molar-refractivity contribution in [3.05, 3.63) is 71.4 Å². The Labute approximate surface area is 135 Å². The molecule has 0 aliphatic heterocycles. The van der Waals surface area contributed by atoms with Gasteiger partial charge in [0.05, 0.1) is 6.04 Å². The molecule has 0 saturated heterocycles. The van der Waals surface area contributed by atoms with E-state index < -0.39 is 0 Å². The fourth-order valence-electron chi connectivity index (χ4n) is 2.60. The molecule has 1 heterocycles. The zero-order valence-corrected chi connectivity index (χ0v) is 13.2. The highest BCUT2D eigenvalue weighted by Gasteiger charge is 2.15. The summed E-state index contributed by atoms with van der Waals surface area (Å²) >= 11 is 0.